The Kier molecular flexibility index (Phi) is 6.48. The lowest BCUT2D eigenvalue weighted by molar-refractivity contribution is 0.0947. The van der Waals surface area contributed by atoms with Gasteiger partial charge in [-0.15, -0.1) is 0 Å². The molecule has 1 N–H and O–H groups in total. The molecule has 0 spiro atoms. The van der Waals surface area contributed by atoms with Gasteiger partial charge in [0.2, 0.25) is 3.79 Å². The number of ether oxygens (including phenoxy) is 1. The molecule has 0 heterocycles. The van der Waals surface area contributed by atoms with Gasteiger partial charge in [0.05, 0.1) is 12.7 Å². The first-order valence-corrected chi connectivity index (χ1v) is 8.65. The summed E-state index contributed by atoms with van der Waals surface area (Å²) >= 11 is 19.3. The number of thioether (sulfide) groups is 1. The van der Waals surface area contributed by atoms with E-state index in [1.807, 2.05) is 30.3 Å². The van der Waals surface area contributed by atoms with Crippen molar-refractivity contribution in [1.29, 1.82) is 0 Å². The van der Waals surface area contributed by atoms with Crippen molar-refractivity contribution in [1.82, 2.24) is 5.32 Å². The maximum atomic E-state index is 12.5. The molecule has 0 aliphatic rings. The van der Waals surface area contributed by atoms with Gasteiger partial charge < -0.3 is 10.1 Å². The molecule has 2 aromatic carbocycles. The predicted molar refractivity (Wildman–Crippen MR) is 96.8 cm³/mol. The SMILES string of the molecule is COc1ccccc1C(=O)NC(Sc1ccccc1)C(Cl)(Cl)Cl. The number of halogens is 3. The number of benzene rings is 2. The maximum Gasteiger partial charge on any atom is 0.256 e. The van der Waals surface area contributed by atoms with Crippen LogP contribution in [0.15, 0.2) is 59.5 Å². The summed E-state index contributed by atoms with van der Waals surface area (Å²) in [5, 5.41) is 1.99. The third-order valence-corrected chi connectivity index (χ3v) is 5.20. The quantitative estimate of drug-likeness (QED) is 0.448. The van der Waals surface area contributed by atoms with Crippen LogP contribution < -0.4 is 10.1 Å². The van der Waals surface area contributed by atoms with Crippen LogP contribution in [0.3, 0.4) is 0 Å². The molecule has 0 aliphatic carbocycles. The Labute approximate surface area is 154 Å². The third-order valence-electron chi connectivity index (χ3n) is 2.91. The van der Waals surface area contributed by atoms with E-state index in [4.69, 9.17) is 39.5 Å². The van der Waals surface area contributed by atoms with E-state index in [9.17, 15) is 4.79 Å². The minimum atomic E-state index is -1.67. The zero-order valence-electron chi connectivity index (χ0n) is 12.1. The molecule has 7 heteroatoms. The van der Waals surface area contributed by atoms with Gasteiger partial charge in [0.15, 0.2) is 0 Å². The van der Waals surface area contributed by atoms with Crippen LogP contribution >= 0.6 is 46.6 Å². The fourth-order valence-corrected chi connectivity index (χ4v) is 3.29. The molecule has 1 unspecified atom stereocenters. The molecule has 3 nitrogen and oxygen atoms in total. The molecule has 23 heavy (non-hydrogen) atoms. The van der Waals surface area contributed by atoms with Crippen LogP contribution in [0, 0.1) is 0 Å². The zero-order chi connectivity index (χ0) is 16.9. The van der Waals surface area contributed by atoms with Crippen molar-refractivity contribution in [3.8, 4) is 5.75 Å². The topological polar surface area (TPSA) is 38.3 Å². The minimum Gasteiger partial charge on any atom is -0.496 e. The highest BCUT2D eigenvalue weighted by Crippen LogP contribution is 2.39. The Morgan fingerprint density at radius 3 is 2.30 bits per heavy atom. The highest BCUT2D eigenvalue weighted by molar-refractivity contribution is 8.00. The van der Waals surface area contributed by atoms with Crippen molar-refractivity contribution in [3.05, 3.63) is 60.2 Å². The summed E-state index contributed by atoms with van der Waals surface area (Å²) in [7, 11) is 1.50. The van der Waals surface area contributed by atoms with Crippen molar-refractivity contribution in [2.24, 2.45) is 0 Å². The van der Waals surface area contributed by atoms with Crippen LogP contribution in [0.1, 0.15) is 10.4 Å². The number of alkyl halides is 3. The van der Waals surface area contributed by atoms with Crippen LogP contribution in [0.5, 0.6) is 5.75 Å². The van der Waals surface area contributed by atoms with Gasteiger partial charge in [-0.2, -0.15) is 0 Å². The van der Waals surface area contributed by atoms with E-state index >= 15 is 0 Å². The maximum absolute atomic E-state index is 12.5. The number of carbonyl (C=O) groups excluding carboxylic acids is 1. The van der Waals surface area contributed by atoms with Crippen LogP contribution in [0.25, 0.3) is 0 Å². The summed E-state index contributed by atoms with van der Waals surface area (Å²) in [6.45, 7) is 0. The molecule has 0 saturated carbocycles. The first-order chi connectivity index (χ1) is 10.9. The van der Waals surface area contributed by atoms with E-state index in [-0.39, 0.29) is 5.91 Å². The number of nitrogens with one attached hydrogen (secondary N) is 1. The molecule has 1 amide bonds. The fourth-order valence-electron chi connectivity index (χ4n) is 1.84. The van der Waals surface area contributed by atoms with Crippen molar-refractivity contribution in [2.45, 2.75) is 14.1 Å². The largest absolute Gasteiger partial charge is 0.496 e. The van der Waals surface area contributed by atoms with Gasteiger partial charge in [-0.3, -0.25) is 4.79 Å². The average molecular weight is 391 g/mol. The van der Waals surface area contributed by atoms with Gasteiger partial charge in [-0.05, 0) is 24.3 Å². The monoisotopic (exact) mass is 389 g/mol. The fraction of sp³-hybridized carbons (Fsp3) is 0.188. The summed E-state index contributed by atoms with van der Waals surface area (Å²) in [6.07, 6.45) is 0. The molecular formula is C16H14Cl3NO2S. The Balaban J connectivity index is 2.19. The molecule has 122 valence electrons. The summed E-state index contributed by atoms with van der Waals surface area (Å²) in [6, 6.07) is 16.3. The van der Waals surface area contributed by atoms with Gasteiger partial charge in [-0.1, -0.05) is 76.9 Å². The molecule has 0 aromatic heterocycles. The van der Waals surface area contributed by atoms with Gasteiger partial charge in [0, 0.05) is 4.90 Å². The van der Waals surface area contributed by atoms with E-state index < -0.39 is 9.17 Å². The Morgan fingerprint density at radius 2 is 1.70 bits per heavy atom. The number of rotatable bonds is 5. The molecule has 0 fully saturated rings. The van der Waals surface area contributed by atoms with E-state index in [1.54, 1.807) is 24.3 Å². The third kappa shape index (κ3) is 5.21. The Morgan fingerprint density at radius 1 is 1.09 bits per heavy atom. The number of hydrogen-bond acceptors (Lipinski definition) is 3. The van der Waals surface area contributed by atoms with Crippen LogP contribution in [-0.4, -0.2) is 22.2 Å². The Hall–Kier alpha value is -1.07. The van der Waals surface area contributed by atoms with Crippen LogP contribution in [0.2, 0.25) is 0 Å². The number of para-hydroxylation sites is 1. The van der Waals surface area contributed by atoms with Gasteiger partial charge >= 0.3 is 0 Å². The van der Waals surface area contributed by atoms with E-state index in [0.29, 0.717) is 11.3 Å². The highest BCUT2D eigenvalue weighted by Gasteiger charge is 2.35. The van der Waals surface area contributed by atoms with Crippen LogP contribution in [0.4, 0.5) is 0 Å². The molecule has 1 atom stereocenters. The molecular weight excluding hydrogens is 377 g/mol. The lowest BCUT2D eigenvalue weighted by Crippen LogP contribution is -2.41. The summed E-state index contributed by atoms with van der Waals surface area (Å²) in [4.78, 5) is 13.4. The summed E-state index contributed by atoms with van der Waals surface area (Å²) in [5.74, 6) is 0.0833. The molecule has 2 rings (SSSR count). The standard InChI is InChI=1S/C16H14Cl3NO2S/c1-22-13-10-6-5-9-12(13)14(21)20-15(16(17,18)19)23-11-7-3-2-4-8-11/h2-10,15H,1H3,(H,20,21). The van der Waals surface area contributed by atoms with Crippen molar-refractivity contribution in [3.63, 3.8) is 0 Å². The van der Waals surface area contributed by atoms with E-state index in [1.165, 1.54) is 18.9 Å². The highest BCUT2D eigenvalue weighted by atomic mass is 35.6. The van der Waals surface area contributed by atoms with E-state index in [2.05, 4.69) is 5.32 Å². The molecule has 2 aromatic rings. The second kappa shape index (κ2) is 8.15. The van der Waals surface area contributed by atoms with Gasteiger partial charge in [0.1, 0.15) is 11.1 Å². The lowest BCUT2D eigenvalue weighted by atomic mass is 10.2. The number of methoxy groups -OCH3 is 1. The molecule has 0 bridgehead atoms. The van der Waals surface area contributed by atoms with Crippen molar-refractivity contribution >= 4 is 52.5 Å². The van der Waals surface area contributed by atoms with Gasteiger partial charge in [0.25, 0.3) is 5.91 Å². The second-order valence-corrected chi connectivity index (χ2v) is 8.07. The number of amides is 1. The average Bonchev–Trinajstić information content (AvgIpc) is 2.54. The number of carbonyl (C=O) groups is 1. The molecule has 0 aliphatic heterocycles. The summed E-state index contributed by atoms with van der Waals surface area (Å²) < 4.78 is 3.52. The predicted octanol–water partition coefficient (Wildman–Crippen LogP) is 4.91. The molecule has 0 saturated heterocycles. The van der Waals surface area contributed by atoms with E-state index in [0.717, 1.165) is 4.90 Å². The van der Waals surface area contributed by atoms with Gasteiger partial charge in [-0.25, -0.2) is 0 Å². The van der Waals surface area contributed by atoms with Crippen LogP contribution in [-0.2, 0) is 0 Å². The smallest absolute Gasteiger partial charge is 0.256 e. The minimum absolute atomic E-state index is 0.373. The first kappa shape index (κ1) is 18.3. The van der Waals surface area contributed by atoms with Crippen molar-refractivity contribution in [2.75, 3.05) is 7.11 Å². The first-order valence-electron chi connectivity index (χ1n) is 6.64. The normalized spacial score (nSPS) is 12.5. The Bertz CT molecular complexity index is 662. The zero-order valence-corrected chi connectivity index (χ0v) is 15.2. The summed E-state index contributed by atoms with van der Waals surface area (Å²) in [5.41, 5.74) is 0.378. The van der Waals surface area contributed by atoms with Crippen molar-refractivity contribution < 1.29 is 9.53 Å². The number of hydrogen-bond donors (Lipinski definition) is 1. The second-order valence-electron chi connectivity index (χ2n) is 4.53. The molecule has 0 radical (unpaired) electrons. The lowest BCUT2D eigenvalue weighted by Gasteiger charge is -2.25.